The number of carboxylic acid groups (broad SMARTS) is 1. The molecule has 2 aromatic heterocycles. The average molecular weight is 224 g/mol. The molecule has 2 rings (SSSR count). The number of carbonyl (C=O) groups is 1. The summed E-state index contributed by atoms with van der Waals surface area (Å²) >= 11 is 0. The van der Waals surface area contributed by atoms with Gasteiger partial charge < -0.3 is 19.4 Å². The summed E-state index contributed by atoms with van der Waals surface area (Å²) in [4.78, 5) is 18.0. The van der Waals surface area contributed by atoms with Crippen molar-refractivity contribution in [3.8, 4) is 0 Å². The van der Waals surface area contributed by atoms with E-state index in [1.54, 1.807) is 0 Å². The fourth-order valence-corrected chi connectivity index (χ4v) is 1.04. The van der Waals surface area contributed by atoms with Crippen LogP contribution < -0.4 is 5.32 Å². The minimum Gasteiger partial charge on any atom is -0.476 e. The second kappa shape index (κ2) is 4.43. The fraction of sp³-hybridized carbons (Fsp3) is 0.250. The second-order valence-corrected chi connectivity index (χ2v) is 2.87. The van der Waals surface area contributed by atoms with Gasteiger partial charge in [-0.2, -0.15) is 9.97 Å². The lowest BCUT2D eigenvalue weighted by Gasteiger charge is -1.96. The first-order valence-electron chi connectivity index (χ1n) is 4.43. The number of nitrogens with zero attached hydrogens (tertiary/aromatic N) is 3. The van der Waals surface area contributed by atoms with E-state index in [0.717, 1.165) is 6.26 Å². The standard InChI is InChI=1S/C8H8N4O4/c13-7(14)5-3-15-8(11-5)9-2-1-6-10-4-16-12-6/h3-4H,1-2H2,(H,9,11)(H,13,14). The van der Waals surface area contributed by atoms with Crippen LogP contribution in [0.25, 0.3) is 0 Å². The van der Waals surface area contributed by atoms with Crippen molar-refractivity contribution in [2.45, 2.75) is 6.42 Å². The van der Waals surface area contributed by atoms with Crippen molar-refractivity contribution in [1.82, 2.24) is 15.1 Å². The molecule has 0 amide bonds. The van der Waals surface area contributed by atoms with Crippen LogP contribution in [-0.2, 0) is 6.42 Å². The molecule has 2 heterocycles. The van der Waals surface area contributed by atoms with Gasteiger partial charge in [0.15, 0.2) is 11.5 Å². The highest BCUT2D eigenvalue weighted by atomic mass is 16.5. The maximum atomic E-state index is 10.5. The summed E-state index contributed by atoms with van der Waals surface area (Å²) in [5, 5.41) is 15.0. The fourth-order valence-electron chi connectivity index (χ4n) is 1.04. The Labute approximate surface area is 89.3 Å². The van der Waals surface area contributed by atoms with Gasteiger partial charge >= 0.3 is 5.97 Å². The molecule has 0 aromatic carbocycles. The van der Waals surface area contributed by atoms with Crippen molar-refractivity contribution in [1.29, 1.82) is 0 Å². The highest BCUT2D eigenvalue weighted by Crippen LogP contribution is 2.06. The molecular formula is C8H8N4O4. The first kappa shape index (κ1) is 10.1. The minimum atomic E-state index is -1.13. The SMILES string of the molecule is O=C(O)c1coc(NCCc2ncon2)n1. The molecular weight excluding hydrogens is 216 g/mol. The van der Waals surface area contributed by atoms with Crippen molar-refractivity contribution >= 4 is 12.0 Å². The molecule has 0 aliphatic heterocycles. The third kappa shape index (κ3) is 2.35. The summed E-state index contributed by atoms with van der Waals surface area (Å²) < 4.78 is 9.43. The van der Waals surface area contributed by atoms with Gasteiger partial charge in [0.25, 0.3) is 6.01 Å². The predicted octanol–water partition coefficient (Wildman–Crippen LogP) is 0.410. The molecule has 0 unspecified atom stereocenters. The van der Waals surface area contributed by atoms with Crippen molar-refractivity contribution in [2.24, 2.45) is 0 Å². The van der Waals surface area contributed by atoms with Gasteiger partial charge in [0.05, 0.1) is 0 Å². The highest BCUT2D eigenvalue weighted by molar-refractivity contribution is 5.85. The maximum absolute atomic E-state index is 10.5. The molecule has 0 radical (unpaired) electrons. The third-order valence-corrected chi connectivity index (χ3v) is 1.76. The predicted molar refractivity (Wildman–Crippen MR) is 50.0 cm³/mol. The van der Waals surface area contributed by atoms with Crippen LogP contribution in [-0.4, -0.2) is 32.7 Å². The summed E-state index contributed by atoms with van der Waals surface area (Å²) in [5.41, 5.74) is -0.137. The average Bonchev–Trinajstić information content (AvgIpc) is 2.87. The summed E-state index contributed by atoms with van der Waals surface area (Å²) in [7, 11) is 0. The molecule has 2 aromatic rings. The zero-order chi connectivity index (χ0) is 11.4. The molecule has 0 fully saturated rings. The summed E-state index contributed by atoms with van der Waals surface area (Å²) in [6.07, 6.45) is 2.84. The van der Waals surface area contributed by atoms with Crippen molar-refractivity contribution < 1.29 is 18.8 Å². The first-order valence-corrected chi connectivity index (χ1v) is 4.43. The van der Waals surface area contributed by atoms with Crippen LogP contribution in [0.2, 0.25) is 0 Å². The Hall–Kier alpha value is -2.38. The molecule has 0 spiro atoms. The lowest BCUT2D eigenvalue weighted by molar-refractivity contribution is 0.0690. The number of carboxylic acids is 1. The quantitative estimate of drug-likeness (QED) is 0.750. The van der Waals surface area contributed by atoms with Gasteiger partial charge in [-0.3, -0.25) is 0 Å². The van der Waals surface area contributed by atoms with Gasteiger partial charge in [0, 0.05) is 13.0 Å². The molecule has 8 heteroatoms. The third-order valence-electron chi connectivity index (χ3n) is 1.76. The van der Waals surface area contributed by atoms with Crippen LogP contribution in [0, 0.1) is 0 Å². The Morgan fingerprint density at radius 1 is 1.56 bits per heavy atom. The smallest absolute Gasteiger partial charge is 0.357 e. The first-order chi connectivity index (χ1) is 7.75. The highest BCUT2D eigenvalue weighted by Gasteiger charge is 2.09. The van der Waals surface area contributed by atoms with Crippen LogP contribution >= 0.6 is 0 Å². The van der Waals surface area contributed by atoms with E-state index in [9.17, 15) is 4.79 Å². The van der Waals surface area contributed by atoms with Crippen molar-refractivity contribution in [2.75, 3.05) is 11.9 Å². The van der Waals surface area contributed by atoms with Crippen molar-refractivity contribution in [3.63, 3.8) is 0 Å². The van der Waals surface area contributed by atoms with Gasteiger partial charge in [-0.05, 0) is 0 Å². The summed E-state index contributed by atoms with van der Waals surface area (Å²) in [6, 6.07) is 0.154. The molecule has 2 N–H and O–H groups in total. The number of oxazole rings is 1. The van der Waals surface area contributed by atoms with Gasteiger partial charge in [-0.15, -0.1) is 0 Å². The Morgan fingerprint density at radius 2 is 2.44 bits per heavy atom. The summed E-state index contributed by atoms with van der Waals surface area (Å²) in [6.45, 7) is 0.471. The van der Waals surface area contributed by atoms with Crippen LogP contribution in [0.5, 0.6) is 0 Å². The monoisotopic (exact) mass is 224 g/mol. The molecule has 0 saturated heterocycles. The number of anilines is 1. The molecule has 0 aliphatic rings. The van der Waals surface area contributed by atoms with Crippen LogP contribution in [0.4, 0.5) is 6.01 Å². The van der Waals surface area contributed by atoms with Gasteiger partial charge in [0.1, 0.15) is 6.26 Å². The van der Waals surface area contributed by atoms with Gasteiger partial charge in [-0.1, -0.05) is 5.16 Å². The number of hydrogen-bond donors (Lipinski definition) is 2. The van der Waals surface area contributed by atoms with E-state index in [0.29, 0.717) is 18.8 Å². The zero-order valence-corrected chi connectivity index (χ0v) is 8.08. The molecule has 0 aliphatic carbocycles. The van der Waals surface area contributed by atoms with Gasteiger partial charge in [0.2, 0.25) is 6.39 Å². The van der Waals surface area contributed by atoms with Gasteiger partial charge in [-0.25, -0.2) is 4.79 Å². The lowest BCUT2D eigenvalue weighted by atomic mass is 10.4. The number of aromatic nitrogens is 3. The van der Waals surface area contributed by atoms with E-state index in [1.807, 2.05) is 0 Å². The van der Waals surface area contributed by atoms with E-state index in [-0.39, 0.29) is 11.7 Å². The van der Waals surface area contributed by atoms with E-state index in [1.165, 1.54) is 6.39 Å². The number of hydrogen-bond acceptors (Lipinski definition) is 7. The molecule has 0 bridgehead atoms. The number of aromatic carboxylic acids is 1. The Balaban J connectivity index is 1.83. The van der Waals surface area contributed by atoms with E-state index < -0.39 is 5.97 Å². The molecule has 0 atom stereocenters. The Morgan fingerprint density at radius 3 is 3.06 bits per heavy atom. The second-order valence-electron chi connectivity index (χ2n) is 2.87. The molecule has 0 saturated carbocycles. The molecule has 16 heavy (non-hydrogen) atoms. The Bertz CT molecular complexity index is 464. The number of rotatable bonds is 5. The van der Waals surface area contributed by atoms with Crippen LogP contribution in [0.15, 0.2) is 21.6 Å². The van der Waals surface area contributed by atoms with E-state index >= 15 is 0 Å². The van der Waals surface area contributed by atoms with E-state index in [2.05, 4.69) is 25.0 Å². The topological polar surface area (TPSA) is 114 Å². The van der Waals surface area contributed by atoms with E-state index in [4.69, 9.17) is 9.52 Å². The molecule has 84 valence electrons. The Kier molecular flexibility index (Phi) is 2.81. The van der Waals surface area contributed by atoms with Crippen LogP contribution in [0.1, 0.15) is 16.3 Å². The maximum Gasteiger partial charge on any atom is 0.357 e. The normalized spacial score (nSPS) is 10.2. The lowest BCUT2D eigenvalue weighted by Crippen LogP contribution is -2.06. The largest absolute Gasteiger partial charge is 0.476 e. The summed E-state index contributed by atoms with van der Waals surface area (Å²) in [5.74, 6) is -0.576. The number of nitrogens with one attached hydrogen (secondary N) is 1. The minimum absolute atomic E-state index is 0.137. The van der Waals surface area contributed by atoms with Crippen molar-refractivity contribution in [3.05, 3.63) is 24.2 Å². The molecule has 8 nitrogen and oxygen atoms in total. The zero-order valence-electron chi connectivity index (χ0n) is 8.08. The van der Waals surface area contributed by atoms with Crippen LogP contribution in [0.3, 0.4) is 0 Å².